The van der Waals surface area contributed by atoms with Crippen molar-refractivity contribution in [3.63, 3.8) is 0 Å². The van der Waals surface area contributed by atoms with E-state index in [-0.39, 0.29) is 6.61 Å². The molecule has 0 aliphatic carbocycles. The summed E-state index contributed by atoms with van der Waals surface area (Å²) in [6, 6.07) is 26.7. The van der Waals surface area contributed by atoms with Crippen molar-refractivity contribution in [3.8, 4) is 0 Å². The molecule has 0 spiro atoms. The Labute approximate surface area is 174 Å². The van der Waals surface area contributed by atoms with Crippen LogP contribution in [-0.2, 0) is 9.53 Å². The molecule has 3 nitrogen and oxygen atoms in total. The molecule has 0 bridgehead atoms. The number of carbonyl (C=O) groups excluding carboxylic acids is 1. The van der Waals surface area contributed by atoms with E-state index in [0.717, 1.165) is 22.3 Å². The fraction of sp³-hybridized carbons (Fsp3) is 0.0800. The minimum Gasteiger partial charge on any atom is -0.422 e. The molecule has 0 atom stereocenters. The number of rotatable bonds is 5. The summed E-state index contributed by atoms with van der Waals surface area (Å²) >= 11 is 6.01. The molecule has 0 amide bonds. The van der Waals surface area contributed by atoms with Gasteiger partial charge >= 0.3 is 5.97 Å². The highest BCUT2D eigenvalue weighted by molar-refractivity contribution is 6.30. The molecule has 0 fully saturated rings. The van der Waals surface area contributed by atoms with E-state index < -0.39 is 5.97 Å². The number of allylic oxidation sites excluding steroid dienone is 1. The summed E-state index contributed by atoms with van der Waals surface area (Å²) in [6.45, 7) is -0.0938. The Kier molecular flexibility index (Phi) is 5.61. The van der Waals surface area contributed by atoms with Gasteiger partial charge in [0, 0.05) is 29.2 Å². The zero-order valence-electron chi connectivity index (χ0n) is 15.6. The van der Waals surface area contributed by atoms with Gasteiger partial charge in [-0.3, -0.25) is 0 Å². The van der Waals surface area contributed by atoms with Crippen LogP contribution < -0.4 is 0 Å². The molecule has 3 aromatic rings. The maximum Gasteiger partial charge on any atom is 0.344 e. The topological polar surface area (TPSA) is 46.5 Å². The Morgan fingerprint density at radius 3 is 1.90 bits per heavy atom. The molecule has 0 radical (unpaired) electrons. The third-order valence-corrected chi connectivity index (χ3v) is 5.07. The molecule has 1 N–H and O–H groups in total. The molecule has 4 heteroatoms. The lowest BCUT2D eigenvalue weighted by Gasteiger charge is -2.14. The molecular weight excluding hydrogens is 384 g/mol. The number of aliphatic hydroxyl groups is 1. The van der Waals surface area contributed by atoms with Crippen molar-refractivity contribution in [2.75, 3.05) is 6.61 Å². The lowest BCUT2D eigenvalue weighted by molar-refractivity contribution is -0.131. The third kappa shape index (κ3) is 3.88. The summed E-state index contributed by atoms with van der Waals surface area (Å²) in [5, 5.41) is 10.3. The number of aliphatic hydroxyl groups excluding tert-OH is 1. The van der Waals surface area contributed by atoms with E-state index in [0.29, 0.717) is 28.3 Å². The number of ether oxygens (including phenoxy) is 1. The molecule has 0 unspecified atom stereocenters. The second kappa shape index (κ2) is 8.48. The molecule has 144 valence electrons. The van der Waals surface area contributed by atoms with Crippen molar-refractivity contribution in [2.24, 2.45) is 0 Å². The van der Waals surface area contributed by atoms with Gasteiger partial charge in [-0.25, -0.2) is 4.79 Å². The van der Waals surface area contributed by atoms with Crippen molar-refractivity contribution in [1.82, 2.24) is 0 Å². The van der Waals surface area contributed by atoms with Crippen molar-refractivity contribution in [1.29, 1.82) is 0 Å². The highest BCUT2D eigenvalue weighted by Gasteiger charge is 2.33. The van der Waals surface area contributed by atoms with E-state index >= 15 is 0 Å². The van der Waals surface area contributed by atoms with E-state index in [4.69, 9.17) is 16.3 Å². The zero-order valence-corrected chi connectivity index (χ0v) is 16.4. The van der Waals surface area contributed by atoms with Crippen molar-refractivity contribution >= 4 is 28.7 Å². The molecule has 1 aliphatic heterocycles. The number of cyclic esters (lactones) is 1. The highest BCUT2D eigenvalue weighted by Crippen LogP contribution is 2.41. The molecular formula is C25H19ClO3. The van der Waals surface area contributed by atoms with Crippen LogP contribution in [0.5, 0.6) is 0 Å². The Morgan fingerprint density at radius 2 is 1.38 bits per heavy atom. The number of carbonyl (C=O) groups is 1. The van der Waals surface area contributed by atoms with Gasteiger partial charge in [-0.2, -0.15) is 0 Å². The third-order valence-electron chi connectivity index (χ3n) is 4.82. The van der Waals surface area contributed by atoms with Gasteiger partial charge in [0.25, 0.3) is 0 Å². The number of benzene rings is 3. The summed E-state index contributed by atoms with van der Waals surface area (Å²) in [5.74, 6) is 0.0709. The van der Waals surface area contributed by atoms with Gasteiger partial charge in [0.05, 0.1) is 5.57 Å². The molecule has 0 aromatic heterocycles. The minimum absolute atomic E-state index is 0.0938. The lowest BCUT2D eigenvalue weighted by atomic mass is 9.91. The maximum absolute atomic E-state index is 12.9. The van der Waals surface area contributed by atoms with Crippen molar-refractivity contribution in [3.05, 3.63) is 118 Å². The predicted molar refractivity (Wildman–Crippen MR) is 115 cm³/mol. The Morgan fingerprint density at radius 1 is 0.828 bits per heavy atom. The van der Waals surface area contributed by atoms with Crippen LogP contribution in [0.3, 0.4) is 0 Å². The standard InChI is InChI=1S/C25H19ClO3/c26-20-13-11-19(12-14-20)23-21(15-16-27)24(29-25(23)28)22(17-7-3-1-4-8-17)18-9-5-2-6-10-18/h1-14,27H,15-16H2. The molecule has 4 rings (SSSR count). The van der Waals surface area contributed by atoms with Crippen LogP contribution in [-0.4, -0.2) is 17.7 Å². The van der Waals surface area contributed by atoms with Crippen molar-refractivity contribution in [2.45, 2.75) is 6.42 Å². The first-order valence-electron chi connectivity index (χ1n) is 9.36. The first-order valence-corrected chi connectivity index (χ1v) is 9.74. The maximum atomic E-state index is 12.9. The summed E-state index contributed by atoms with van der Waals surface area (Å²) in [7, 11) is 0. The van der Waals surface area contributed by atoms with Gasteiger partial charge in [0.1, 0.15) is 5.76 Å². The monoisotopic (exact) mass is 402 g/mol. The molecule has 1 aliphatic rings. The van der Waals surface area contributed by atoms with E-state index in [2.05, 4.69) is 0 Å². The second-order valence-electron chi connectivity index (χ2n) is 6.66. The van der Waals surface area contributed by atoms with Gasteiger partial charge in [-0.1, -0.05) is 84.4 Å². The molecule has 3 aromatic carbocycles. The zero-order chi connectivity index (χ0) is 20.2. The number of hydrogen-bond donors (Lipinski definition) is 1. The van der Waals surface area contributed by atoms with Crippen LogP contribution in [0.4, 0.5) is 0 Å². The largest absolute Gasteiger partial charge is 0.422 e. The fourth-order valence-electron chi connectivity index (χ4n) is 3.54. The summed E-state index contributed by atoms with van der Waals surface area (Å²) in [6.07, 6.45) is 0.308. The summed E-state index contributed by atoms with van der Waals surface area (Å²) in [5.41, 5.74) is 4.59. The highest BCUT2D eigenvalue weighted by atomic mass is 35.5. The van der Waals surface area contributed by atoms with E-state index in [1.165, 1.54) is 0 Å². The van der Waals surface area contributed by atoms with Gasteiger partial charge in [0.15, 0.2) is 0 Å². The van der Waals surface area contributed by atoms with Crippen LogP contribution in [0.25, 0.3) is 11.1 Å². The Hall–Kier alpha value is -3.14. The molecule has 29 heavy (non-hydrogen) atoms. The van der Waals surface area contributed by atoms with Gasteiger partial charge in [0.2, 0.25) is 0 Å². The van der Waals surface area contributed by atoms with Crippen LogP contribution in [0.2, 0.25) is 5.02 Å². The first kappa shape index (κ1) is 19.2. The van der Waals surface area contributed by atoms with Gasteiger partial charge in [-0.05, 0) is 28.8 Å². The normalized spacial score (nSPS) is 13.6. The Balaban J connectivity index is 1.99. The molecule has 0 saturated heterocycles. The quantitative estimate of drug-likeness (QED) is 0.574. The first-order chi connectivity index (χ1) is 14.2. The van der Waals surface area contributed by atoms with Gasteiger partial charge in [-0.15, -0.1) is 0 Å². The number of hydrogen-bond acceptors (Lipinski definition) is 3. The SMILES string of the molecule is O=C1OC(=C(c2ccccc2)c2ccccc2)C(CCO)=C1c1ccc(Cl)cc1. The van der Waals surface area contributed by atoms with Crippen LogP contribution in [0, 0.1) is 0 Å². The van der Waals surface area contributed by atoms with E-state index in [1.54, 1.807) is 24.3 Å². The minimum atomic E-state index is -0.421. The average Bonchev–Trinajstić information content (AvgIpc) is 3.06. The van der Waals surface area contributed by atoms with Crippen molar-refractivity contribution < 1.29 is 14.6 Å². The van der Waals surface area contributed by atoms with Gasteiger partial charge < -0.3 is 9.84 Å². The van der Waals surface area contributed by atoms with E-state index in [1.807, 2.05) is 60.7 Å². The van der Waals surface area contributed by atoms with E-state index in [9.17, 15) is 9.90 Å². The summed E-state index contributed by atoms with van der Waals surface area (Å²) in [4.78, 5) is 12.9. The average molecular weight is 403 g/mol. The lowest BCUT2D eigenvalue weighted by Crippen LogP contribution is -2.00. The second-order valence-corrected chi connectivity index (χ2v) is 7.10. The number of halogens is 1. The van der Waals surface area contributed by atoms with Crippen LogP contribution in [0.15, 0.2) is 96.3 Å². The predicted octanol–water partition coefficient (Wildman–Crippen LogP) is 5.49. The molecule has 1 heterocycles. The Bertz CT molecular complexity index is 1040. The molecule has 0 saturated carbocycles. The smallest absolute Gasteiger partial charge is 0.344 e. The van der Waals surface area contributed by atoms with Crippen LogP contribution in [0.1, 0.15) is 23.1 Å². The fourth-order valence-corrected chi connectivity index (χ4v) is 3.67. The summed E-state index contributed by atoms with van der Waals surface area (Å²) < 4.78 is 5.82. The van der Waals surface area contributed by atoms with Crippen LogP contribution >= 0.6 is 11.6 Å². The number of esters is 1.